The Morgan fingerprint density at radius 1 is 1.07 bits per heavy atom. The zero-order valence-electron chi connectivity index (χ0n) is 25.6. The summed E-state index contributed by atoms with van der Waals surface area (Å²) in [6.45, 7) is 6.25. The highest BCUT2D eigenvalue weighted by Gasteiger charge is 2.52. The zero-order chi connectivity index (χ0) is 30.5. The van der Waals surface area contributed by atoms with Gasteiger partial charge in [-0.3, -0.25) is 9.78 Å². The van der Waals surface area contributed by atoms with E-state index in [1.165, 1.54) is 0 Å². The second-order valence-corrected chi connectivity index (χ2v) is 14.3. The Kier molecular flexibility index (Phi) is 7.37. The van der Waals surface area contributed by atoms with Gasteiger partial charge in [-0.25, -0.2) is 4.52 Å². The molecule has 4 aliphatic rings. The number of aromatic nitrogens is 5. The average Bonchev–Trinajstić information content (AvgIpc) is 3.70. The molecule has 4 fully saturated rings. The van der Waals surface area contributed by atoms with Crippen molar-refractivity contribution in [1.29, 1.82) is 5.26 Å². The molecule has 4 aromatic rings. The van der Waals surface area contributed by atoms with Crippen LogP contribution < -0.4 is 10.6 Å². The summed E-state index contributed by atoms with van der Waals surface area (Å²) in [5.41, 5.74) is 4.89. The van der Waals surface area contributed by atoms with Crippen molar-refractivity contribution in [3.63, 3.8) is 0 Å². The van der Waals surface area contributed by atoms with Crippen LogP contribution in [0.4, 0.5) is 5.69 Å². The van der Waals surface area contributed by atoms with Crippen molar-refractivity contribution >= 4 is 28.4 Å². The number of nitrogens with zero attached hydrogens (tertiary/aromatic N) is 7. The van der Waals surface area contributed by atoms with Gasteiger partial charge >= 0.3 is 0 Å². The third kappa shape index (κ3) is 5.24. The van der Waals surface area contributed by atoms with E-state index in [9.17, 15) is 10.1 Å². The van der Waals surface area contributed by atoms with E-state index in [0.29, 0.717) is 5.56 Å². The van der Waals surface area contributed by atoms with Gasteiger partial charge in [0.15, 0.2) is 5.01 Å². The van der Waals surface area contributed by atoms with E-state index in [1.807, 2.05) is 28.9 Å². The molecule has 1 saturated heterocycles. The molecule has 10 nitrogen and oxygen atoms in total. The number of rotatable bonds is 7. The van der Waals surface area contributed by atoms with Crippen LogP contribution in [0.3, 0.4) is 0 Å². The van der Waals surface area contributed by atoms with Crippen LogP contribution in [0.25, 0.3) is 27.5 Å². The van der Waals surface area contributed by atoms with Crippen molar-refractivity contribution < 1.29 is 4.79 Å². The third-order valence-corrected chi connectivity index (χ3v) is 11.3. The first-order valence-electron chi connectivity index (χ1n) is 15.8. The maximum absolute atomic E-state index is 13.2. The average molecular weight is 610 g/mol. The van der Waals surface area contributed by atoms with Gasteiger partial charge in [0.05, 0.1) is 34.2 Å². The number of pyridine rings is 1. The quantitative estimate of drug-likeness (QED) is 0.285. The number of hydrogen-bond donors (Lipinski definition) is 2. The Bertz CT molecular complexity index is 1720. The van der Waals surface area contributed by atoms with Crippen molar-refractivity contribution in [2.24, 2.45) is 5.92 Å². The fraction of sp³-hybridized carbons (Fsp3) is 0.515. The largest absolute Gasteiger partial charge is 0.382 e. The van der Waals surface area contributed by atoms with Crippen LogP contribution in [0.1, 0.15) is 75.8 Å². The maximum Gasteiger partial charge on any atom is 0.223 e. The molecule has 11 heteroatoms. The van der Waals surface area contributed by atoms with Crippen molar-refractivity contribution in [1.82, 2.24) is 35.0 Å². The van der Waals surface area contributed by atoms with Crippen LogP contribution in [0, 0.1) is 17.2 Å². The molecule has 3 saturated carbocycles. The minimum absolute atomic E-state index is 0.0355. The van der Waals surface area contributed by atoms with Crippen LogP contribution >= 0.6 is 11.3 Å². The van der Waals surface area contributed by atoms with Gasteiger partial charge in [0, 0.05) is 34.8 Å². The van der Waals surface area contributed by atoms with E-state index in [0.717, 1.165) is 103 Å². The predicted molar refractivity (Wildman–Crippen MR) is 171 cm³/mol. The van der Waals surface area contributed by atoms with Gasteiger partial charge in [0.1, 0.15) is 11.1 Å². The molecule has 1 aliphatic heterocycles. The monoisotopic (exact) mass is 609 g/mol. The molecule has 0 aromatic carbocycles. The molecule has 1 amide bonds. The number of carbonyl (C=O) groups excluding carboxylic acids is 1. The Morgan fingerprint density at radius 3 is 2.52 bits per heavy atom. The zero-order valence-corrected chi connectivity index (χ0v) is 26.5. The van der Waals surface area contributed by atoms with Crippen LogP contribution in [0.15, 0.2) is 36.7 Å². The summed E-state index contributed by atoms with van der Waals surface area (Å²) < 4.78 is 1.81. The third-order valence-electron chi connectivity index (χ3n) is 10.1. The van der Waals surface area contributed by atoms with E-state index < -0.39 is 0 Å². The molecule has 2 bridgehead atoms. The lowest BCUT2D eigenvalue weighted by molar-refractivity contribution is -0.130. The maximum atomic E-state index is 13.2. The van der Waals surface area contributed by atoms with E-state index >= 15 is 0 Å². The Hall–Kier alpha value is -3.88. The number of likely N-dealkylation sites (tertiary alicyclic amines) is 1. The van der Waals surface area contributed by atoms with Gasteiger partial charge in [-0.2, -0.15) is 10.4 Å². The Morgan fingerprint density at radius 2 is 1.82 bits per heavy atom. The van der Waals surface area contributed by atoms with E-state index in [2.05, 4.69) is 53.7 Å². The number of hydrogen-bond acceptors (Lipinski definition) is 9. The van der Waals surface area contributed by atoms with Gasteiger partial charge in [0.25, 0.3) is 0 Å². The number of anilines is 1. The van der Waals surface area contributed by atoms with Gasteiger partial charge in [0.2, 0.25) is 5.91 Å². The number of carbonyl (C=O) groups is 1. The topological polar surface area (TPSA) is 124 Å². The fourth-order valence-electron chi connectivity index (χ4n) is 7.33. The summed E-state index contributed by atoms with van der Waals surface area (Å²) in [4.78, 5) is 20.3. The summed E-state index contributed by atoms with van der Waals surface area (Å²) in [5.74, 6) is 0.417. The molecule has 3 aliphatic carbocycles. The van der Waals surface area contributed by atoms with Gasteiger partial charge < -0.3 is 15.5 Å². The van der Waals surface area contributed by atoms with Gasteiger partial charge in [-0.1, -0.05) is 11.3 Å². The number of fused-ring (bicyclic) bond motifs is 4. The number of amides is 1. The van der Waals surface area contributed by atoms with E-state index in [-0.39, 0.29) is 28.8 Å². The SMILES string of the molecule is CC(C)Nc1cc(-c2ccc3cc(C#N)cnn23)ncc1-c1nnc(C23CCC(NC(=O)C4CCN(C)CC4)(CC2)CC3)s1. The molecule has 228 valence electrons. The summed E-state index contributed by atoms with van der Waals surface area (Å²) in [5, 5.41) is 32.3. The van der Waals surface area contributed by atoms with Crippen molar-refractivity contribution in [3.05, 3.63) is 47.2 Å². The van der Waals surface area contributed by atoms with Crippen molar-refractivity contribution in [3.8, 4) is 28.0 Å². The first kappa shape index (κ1) is 28.9. The highest BCUT2D eigenvalue weighted by Crippen LogP contribution is 2.54. The minimum Gasteiger partial charge on any atom is -0.382 e. The minimum atomic E-state index is -0.0577. The van der Waals surface area contributed by atoms with Crippen LogP contribution in [-0.2, 0) is 10.2 Å². The molecule has 2 N–H and O–H groups in total. The number of nitriles is 1. The summed E-state index contributed by atoms with van der Waals surface area (Å²) in [6, 6.07) is 10.2. The standard InChI is InChI=1S/C33H39N9OS/c1-21(2)37-26-17-27(28-5-4-24-16-22(18-34)19-36-42(24)28)35-20-25(26)30-39-40-31(44-30)32-8-11-33(12-9-32,13-10-32)38-29(43)23-6-14-41(3)15-7-23/h4-5,16-17,19-21,23H,6-15H2,1-3H3,(H,35,37)(H,38,43). The second kappa shape index (κ2) is 11.2. The van der Waals surface area contributed by atoms with Crippen LogP contribution in [0.5, 0.6) is 0 Å². The molecule has 0 atom stereocenters. The lowest BCUT2D eigenvalue weighted by atomic mass is 9.57. The van der Waals surface area contributed by atoms with Gasteiger partial charge in [-0.05, 0) is 110 Å². The van der Waals surface area contributed by atoms with Crippen LogP contribution in [0.2, 0.25) is 0 Å². The molecule has 44 heavy (non-hydrogen) atoms. The second-order valence-electron chi connectivity index (χ2n) is 13.4. The molecule has 4 aromatic heterocycles. The summed E-state index contributed by atoms with van der Waals surface area (Å²) >= 11 is 1.69. The van der Waals surface area contributed by atoms with Crippen molar-refractivity contribution in [2.75, 3.05) is 25.5 Å². The molecular weight excluding hydrogens is 570 g/mol. The molecule has 0 spiro atoms. The van der Waals surface area contributed by atoms with Gasteiger partial charge in [-0.15, -0.1) is 10.2 Å². The first-order valence-corrected chi connectivity index (χ1v) is 16.6. The molecular formula is C33H39N9OS. The van der Waals surface area contributed by atoms with E-state index in [1.54, 1.807) is 17.5 Å². The number of piperidine rings is 1. The lowest BCUT2D eigenvalue weighted by Crippen LogP contribution is -2.59. The normalized spacial score (nSPS) is 24.1. The smallest absolute Gasteiger partial charge is 0.223 e. The highest BCUT2D eigenvalue weighted by molar-refractivity contribution is 7.14. The van der Waals surface area contributed by atoms with Crippen molar-refractivity contribution in [2.45, 2.75) is 82.2 Å². The first-order chi connectivity index (χ1) is 21.3. The molecule has 8 rings (SSSR count). The number of nitrogens with one attached hydrogen (secondary N) is 2. The fourth-order valence-corrected chi connectivity index (χ4v) is 8.47. The van der Waals surface area contributed by atoms with Crippen LogP contribution in [-0.4, -0.2) is 67.3 Å². The molecule has 0 radical (unpaired) electrons. The molecule has 5 heterocycles. The molecule has 0 unspecified atom stereocenters. The van der Waals surface area contributed by atoms with E-state index in [4.69, 9.17) is 15.2 Å². The highest BCUT2D eigenvalue weighted by atomic mass is 32.1. The summed E-state index contributed by atoms with van der Waals surface area (Å²) in [6.07, 6.45) is 11.5. The summed E-state index contributed by atoms with van der Waals surface area (Å²) in [7, 11) is 2.14. The predicted octanol–water partition coefficient (Wildman–Crippen LogP) is 5.41. The Labute approximate surface area is 261 Å². The lowest BCUT2D eigenvalue weighted by Gasteiger charge is -2.53. The Balaban J connectivity index is 1.10.